The third kappa shape index (κ3) is 4.48. The van der Waals surface area contributed by atoms with Crippen LogP contribution in [0.25, 0.3) is 32.8 Å². The monoisotopic (exact) mass is 603 g/mol. The van der Waals surface area contributed by atoms with Gasteiger partial charge in [-0.2, -0.15) is 9.97 Å². The Morgan fingerprint density at radius 3 is 2.66 bits per heavy atom. The minimum atomic E-state index is -0.890. The lowest BCUT2D eigenvalue weighted by Crippen LogP contribution is -2.51. The highest BCUT2D eigenvalue weighted by Gasteiger charge is 2.49. The molecule has 5 heterocycles. The van der Waals surface area contributed by atoms with Crippen LogP contribution in [0.4, 0.5) is 19.0 Å². The van der Waals surface area contributed by atoms with Crippen molar-refractivity contribution in [1.29, 1.82) is 0 Å². The van der Waals surface area contributed by atoms with Crippen molar-refractivity contribution in [2.24, 2.45) is 0 Å². The van der Waals surface area contributed by atoms with Crippen LogP contribution in [0.1, 0.15) is 44.6 Å². The lowest BCUT2D eigenvalue weighted by molar-refractivity contribution is 0.107. The molecule has 4 saturated heterocycles. The molecule has 0 aliphatic carbocycles. The minimum Gasteiger partial charge on any atom is -0.508 e. The van der Waals surface area contributed by atoms with Crippen molar-refractivity contribution < 1.29 is 23.0 Å². The molecule has 4 aromatic rings. The predicted octanol–water partition coefficient (Wildman–Crippen LogP) is 5.89. The van der Waals surface area contributed by atoms with Crippen molar-refractivity contribution in [2.45, 2.75) is 69.2 Å². The van der Waals surface area contributed by atoms with Crippen molar-refractivity contribution in [2.75, 3.05) is 37.7 Å². The summed E-state index contributed by atoms with van der Waals surface area (Å²) in [5, 5.41) is 16.0. The summed E-state index contributed by atoms with van der Waals surface area (Å²) < 4.78 is 52.5. The van der Waals surface area contributed by atoms with E-state index in [0.29, 0.717) is 64.6 Å². The van der Waals surface area contributed by atoms with Crippen molar-refractivity contribution in [3.8, 4) is 22.9 Å². The van der Waals surface area contributed by atoms with Crippen LogP contribution >= 0.6 is 0 Å². The Kier molecular flexibility index (Phi) is 6.64. The molecular formula is C34H36F3N5O2. The largest absolute Gasteiger partial charge is 0.508 e. The van der Waals surface area contributed by atoms with E-state index < -0.39 is 17.5 Å². The number of phenolic OH excluding ortho intramolecular Hbond substituents is 1. The highest BCUT2D eigenvalue weighted by molar-refractivity contribution is 6.03. The van der Waals surface area contributed by atoms with Gasteiger partial charge in [0.15, 0.2) is 5.82 Å². The molecule has 0 radical (unpaired) electrons. The zero-order chi connectivity index (χ0) is 30.2. The molecule has 7 nitrogen and oxygen atoms in total. The maximum absolute atomic E-state index is 16.8. The van der Waals surface area contributed by atoms with E-state index in [1.54, 1.807) is 18.2 Å². The summed E-state index contributed by atoms with van der Waals surface area (Å²) in [5.74, 6) is -0.375. The van der Waals surface area contributed by atoms with Gasteiger partial charge in [0.1, 0.15) is 35.7 Å². The Morgan fingerprint density at radius 1 is 1.05 bits per heavy atom. The first-order valence-electron chi connectivity index (χ1n) is 15.8. The van der Waals surface area contributed by atoms with E-state index in [2.05, 4.69) is 20.1 Å². The van der Waals surface area contributed by atoms with E-state index in [1.807, 2.05) is 13.0 Å². The number of alkyl halides is 1. The molecule has 0 spiro atoms. The van der Waals surface area contributed by atoms with Crippen LogP contribution in [0, 0.1) is 11.6 Å². The van der Waals surface area contributed by atoms with Gasteiger partial charge in [0, 0.05) is 49.1 Å². The van der Waals surface area contributed by atoms with E-state index in [1.165, 1.54) is 12.1 Å². The molecule has 2 bridgehead atoms. The van der Waals surface area contributed by atoms with Gasteiger partial charge in [0.25, 0.3) is 0 Å². The lowest BCUT2D eigenvalue weighted by atomic mass is 9.92. The third-order valence-electron chi connectivity index (χ3n) is 10.3. The summed E-state index contributed by atoms with van der Waals surface area (Å²) in [6, 6.07) is 10.3. The molecule has 10 heteroatoms. The second-order valence-corrected chi connectivity index (χ2v) is 13.0. The summed E-state index contributed by atoms with van der Waals surface area (Å²) in [4.78, 5) is 13.8. The summed E-state index contributed by atoms with van der Waals surface area (Å²) >= 11 is 0. The Morgan fingerprint density at radius 2 is 1.86 bits per heavy atom. The molecule has 4 aliphatic heterocycles. The SMILES string of the molecule is CCc1c(F)ccc2cc(O)cc(-c3ccc4c(N5CC6CCC(C5)N6)nc(OCC56CCCN5CC(F)C6)nc4c3F)c12. The molecular weight excluding hydrogens is 567 g/mol. The molecule has 44 heavy (non-hydrogen) atoms. The molecule has 4 unspecified atom stereocenters. The Hall–Kier alpha value is -3.63. The van der Waals surface area contributed by atoms with Crippen molar-refractivity contribution >= 4 is 27.5 Å². The number of aryl methyl sites for hydroxylation is 1. The first-order chi connectivity index (χ1) is 21.3. The van der Waals surface area contributed by atoms with Gasteiger partial charge in [-0.1, -0.05) is 19.1 Å². The first kappa shape index (κ1) is 27.9. The molecule has 230 valence electrons. The minimum absolute atomic E-state index is 0.0348. The predicted molar refractivity (Wildman–Crippen MR) is 164 cm³/mol. The maximum Gasteiger partial charge on any atom is 0.319 e. The van der Waals surface area contributed by atoms with Crippen molar-refractivity contribution in [3.63, 3.8) is 0 Å². The fraction of sp³-hybridized carbons (Fsp3) is 0.471. The smallest absolute Gasteiger partial charge is 0.319 e. The summed E-state index contributed by atoms with van der Waals surface area (Å²) in [6.07, 6.45) is 3.91. The number of phenols is 1. The van der Waals surface area contributed by atoms with Gasteiger partial charge < -0.3 is 20.1 Å². The van der Waals surface area contributed by atoms with Gasteiger partial charge in [-0.15, -0.1) is 0 Å². The quantitative estimate of drug-likeness (QED) is 0.285. The molecule has 3 aromatic carbocycles. The molecule has 4 atom stereocenters. The number of rotatable bonds is 6. The number of aromatic nitrogens is 2. The van der Waals surface area contributed by atoms with Gasteiger partial charge >= 0.3 is 6.01 Å². The van der Waals surface area contributed by atoms with Gasteiger partial charge in [0.05, 0.1) is 5.54 Å². The average molecular weight is 604 g/mol. The van der Waals surface area contributed by atoms with Gasteiger partial charge in [-0.05, 0) is 84.8 Å². The summed E-state index contributed by atoms with van der Waals surface area (Å²) in [6.45, 7) is 4.82. The zero-order valence-corrected chi connectivity index (χ0v) is 24.8. The fourth-order valence-electron chi connectivity index (χ4n) is 8.31. The number of ether oxygens (including phenoxy) is 1. The molecule has 4 aliphatic rings. The van der Waals surface area contributed by atoms with Crippen LogP contribution in [0.5, 0.6) is 11.8 Å². The van der Waals surface area contributed by atoms with Crippen LogP contribution in [0.15, 0.2) is 36.4 Å². The molecule has 2 N–H and O–H groups in total. The highest BCUT2D eigenvalue weighted by atomic mass is 19.1. The number of anilines is 1. The van der Waals surface area contributed by atoms with Crippen molar-refractivity contribution in [3.05, 3.63) is 53.6 Å². The number of piperazine rings is 1. The summed E-state index contributed by atoms with van der Waals surface area (Å²) in [7, 11) is 0. The van der Waals surface area contributed by atoms with E-state index in [9.17, 15) is 13.9 Å². The number of fused-ring (bicyclic) bond motifs is 5. The van der Waals surface area contributed by atoms with E-state index in [-0.39, 0.29) is 35.3 Å². The third-order valence-corrected chi connectivity index (χ3v) is 10.3. The first-order valence-corrected chi connectivity index (χ1v) is 15.8. The van der Waals surface area contributed by atoms with E-state index >= 15 is 4.39 Å². The number of nitrogens with zero attached hydrogens (tertiary/aromatic N) is 4. The second-order valence-electron chi connectivity index (χ2n) is 13.0. The van der Waals surface area contributed by atoms with Crippen LogP contribution in [0.3, 0.4) is 0 Å². The van der Waals surface area contributed by atoms with E-state index in [4.69, 9.17) is 9.72 Å². The Labute approximate surface area is 254 Å². The number of hydrogen-bond acceptors (Lipinski definition) is 7. The molecule has 4 fully saturated rings. The fourth-order valence-corrected chi connectivity index (χ4v) is 8.31. The lowest BCUT2D eigenvalue weighted by Gasteiger charge is -2.34. The number of hydrogen-bond donors (Lipinski definition) is 2. The number of nitrogens with one attached hydrogen (secondary N) is 1. The molecule has 0 saturated carbocycles. The Balaban J connectivity index is 1.27. The maximum atomic E-state index is 16.8. The zero-order valence-electron chi connectivity index (χ0n) is 24.8. The Bertz CT molecular complexity index is 1770. The molecule has 8 rings (SSSR count). The number of benzene rings is 3. The standard InChI is InChI=1S/C34H36F3N5O2/c1-2-24-28(36)9-4-19-12-23(43)13-27(29(19)24)25-7-8-26-31(30(25)37)39-33(40-32(26)41-16-21-5-6-22(17-41)38-21)44-18-34-10-3-11-42(34)15-20(35)14-34/h4,7-9,12-13,20-22,38,43H,2-3,5-6,10-11,14-18H2,1H3. The molecule has 1 aromatic heterocycles. The van der Waals surface area contributed by atoms with Crippen LogP contribution in [-0.4, -0.2) is 76.6 Å². The van der Waals surface area contributed by atoms with Crippen molar-refractivity contribution in [1.82, 2.24) is 20.2 Å². The van der Waals surface area contributed by atoms with Gasteiger partial charge in [-0.3, -0.25) is 4.90 Å². The highest BCUT2D eigenvalue weighted by Crippen LogP contribution is 2.42. The van der Waals surface area contributed by atoms with Crippen LogP contribution in [-0.2, 0) is 6.42 Å². The normalized spacial score (nSPS) is 26.6. The van der Waals surface area contributed by atoms with Gasteiger partial charge in [0.2, 0.25) is 0 Å². The van der Waals surface area contributed by atoms with Gasteiger partial charge in [-0.25, -0.2) is 13.2 Å². The second kappa shape index (κ2) is 10.5. The summed E-state index contributed by atoms with van der Waals surface area (Å²) in [5.41, 5.74) is 0.789. The number of halogens is 3. The van der Waals surface area contributed by atoms with E-state index in [0.717, 1.165) is 45.3 Å². The van der Waals surface area contributed by atoms with Crippen LogP contribution < -0.4 is 15.0 Å². The molecule has 0 amide bonds. The number of aromatic hydroxyl groups is 1. The topological polar surface area (TPSA) is 73.8 Å². The van der Waals surface area contributed by atoms with Crippen LogP contribution in [0.2, 0.25) is 0 Å². The average Bonchev–Trinajstić information content (AvgIpc) is 3.66.